The second kappa shape index (κ2) is 15.0. The summed E-state index contributed by atoms with van der Waals surface area (Å²) in [5.41, 5.74) is -1.60. The van der Waals surface area contributed by atoms with Crippen molar-refractivity contribution in [2.24, 2.45) is 10.9 Å². The van der Waals surface area contributed by atoms with Crippen molar-refractivity contribution in [3.63, 3.8) is 0 Å². The Bertz CT molecular complexity index is 2190. The lowest BCUT2D eigenvalue weighted by Crippen LogP contribution is -2.57. The molecule has 18 heteroatoms. The summed E-state index contributed by atoms with van der Waals surface area (Å²) < 4.78 is 79.3. The summed E-state index contributed by atoms with van der Waals surface area (Å²) in [7, 11) is -2.55. The van der Waals surface area contributed by atoms with E-state index in [0.717, 1.165) is 16.7 Å². The number of methoxy groups -OCH3 is 1. The fourth-order valence-corrected chi connectivity index (χ4v) is 8.62. The van der Waals surface area contributed by atoms with Crippen molar-refractivity contribution < 1.29 is 45.4 Å². The number of unbranched alkanes of at least 4 members (excludes halogenated alkanes) is 2. The van der Waals surface area contributed by atoms with Crippen LogP contribution < -0.4 is 19.5 Å². The van der Waals surface area contributed by atoms with Gasteiger partial charge in [0.2, 0.25) is 10.0 Å². The molecule has 4 amide bonds. The number of thiazole rings is 1. The molecule has 3 heterocycles. The number of pyridine rings is 1. The number of urea groups is 1. The first kappa shape index (κ1) is 39.8. The van der Waals surface area contributed by atoms with Crippen LogP contribution in [-0.2, 0) is 25.8 Å². The molecule has 55 heavy (non-hydrogen) atoms. The molecule has 3 aliphatic rings. The fraction of sp³-hybridized carbons (Fsp3) is 0.459. The zero-order chi connectivity index (χ0) is 39.9. The molecule has 1 saturated heterocycles. The van der Waals surface area contributed by atoms with Crippen LogP contribution in [0.4, 0.5) is 18.0 Å². The number of rotatable bonds is 14. The third-order valence-corrected chi connectivity index (χ3v) is 13.3. The summed E-state index contributed by atoms with van der Waals surface area (Å²) in [5, 5.41) is 4.08. The van der Waals surface area contributed by atoms with E-state index in [9.17, 15) is 36.0 Å². The number of alkyl halides is 3. The zero-order valence-electron chi connectivity index (χ0n) is 30.4. The Morgan fingerprint density at radius 1 is 1.16 bits per heavy atom. The molecule has 6 rings (SSSR count). The quantitative estimate of drug-likeness (QED) is 0.111. The number of aliphatic imine (C=N–C) groups is 1. The van der Waals surface area contributed by atoms with Crippen molar-refractivity contribution in [1.82, 2.24) is 24.9 Å². The van der Waals surface area contributed by atoms with Crippen LogP contribution in [0.3, 0.4) is 0 Å². The Labute approximate surface area is 320 Å². The van der Waals surface area contributed by atoms with Gasteiger partial charge in [0.15, 0.2) is 5.69 Å². The van der Waals surface area contributed by atoms with Gasteiger partial charge < -0.3 is 19.7 Å². The zero-order valence-corrected chi connectivity index (χ0v) is 32.1. The van der Waals surface area contributed by atoms with E-state index in [2.05, 4.69) is 38.2 Å². The predicted molar refractivity (Wildman–Crippen MR) is 200 cm³/mol. The number of benzene rings is 1. The average Bonchev–Trinajstić information content (AvgIpc) is 3.91. The monoisotopic (exact) mass is 802 g/mol. The molecule has 2 aliphatic carbocycles. The SMILES string of the molecule is C=CCCCC=NC(=O)[C@@H]1C[C@H](Oc2cc(-c3nc(C(F)(F)F)cs3)nc3c(C)c(OC)ccc23)CN1C(=O)N[C@]1(C(=O)NS(=O)(=O)C2(C)CC2)C[C@H]1C=C. The number of hydrogen-bond acceptors (Lipinski definition) is 10. The topological polar surface area (TPSA) is 169 Å². The number of amides is 4. The summed E-state index contributed by atoms with van der Waals surface area (Å²) >= 11 is 0.765. The number of allylic oxidation sites excluding steroid dienone is 1. The van der Waals surface area contributed by atoms with Crippen LogP contribution in [0.2, 0.25) is 0 Å². The van der Waals surface area contributed by atoms with E-state index in [4.69, 9.17) is 9.47 Å². The first-order valence-corrected chi connectivity index (χ1v) is 20.0. The van der Waals surface area contributed by atoms with Crippen molar-refractivity contribution in [2.45, 2.75) is 87.4 Å². The fourth-order valence-electron chi connectivity index (χ4n) is 6.52. The lowest BCUT2D eigenvalue weighted by molar-refractivity contribution is -0.140. The van der Waals surface area contributed by atoms with Crippen molar-refractivity contribution in [2.75, 3.05) is 13.7 Å². The lowest BCUT2D eigenvalue weighted by Gasteiger charge is -2.26. The molecule has 0 bridgehead atoms. The molecule has 3 aromatic rings. The Morgan fingerprint density at radius 2 is 1.91 bits per heavy atom. The van der Waals surface area contributed by atoms with Crippen LogP contribution in [0.5, 0.6) is 11.5 Å². The van der Waals surface area contributed by atoms with Crippen LogP contribution in [0.15, 0.2) is 53.9 Å². The summed E-state index contributed by atoms with van der Waals surface area (Å²) in [5.74, 6) is -1.41. The van der Waals surface area contributed by atoms with E-state index in [1.165, 1.54) is 37.3 Å². The van der Waals surface area contributed by atoms with Gasteiger partial charge in [-0.1, -0.05) is 12.2 Å². The van der Waals surface area contributed by atoms with E-state index in [1.807, 2.05) is 0 Å². The molecule has 4 atom stereocenters. The highest BCUT2D eigenvalue weighted by Gasteiger charge is 2.63. The van der Waals surface area contributed by atoms with E-state index in [1.54, 1.807) is 25.1 Å². The number of aromatic nitrogens is 2. The van der Waals surface area contributed by atoms with Crippen molar-refractivity contribution >= 4 is 56.3 Å². The van der Waals surface area contributed by atoms with Gasteiger partial charge in [-0.3, -0.25) is 14.3 Å². The van der Waals surface area contributed by atoms with Gasteiger partial charge in [0.1, 0.15) is 39.9 Å². The van der Waals surface area contributed by atoms with Crippen molar-refractivity contribution in [3.05, 3.63) is 60.1 Å². The van der Waals surface area contributed by atoms with E-state index in [-0.39, 0.29) is 35.8 Å². The molecule has 1 aliphatic heterocycles. The Kier molecular flexibility index (Phi) is 10.9. The molecule has 13 nitrogen and oxygen atoms in total. The van der Waals surface area contributed by atoms with Gasteiger partial charge in [-0.05, 0) is 64.5 Å². The van der Waals surface area contributed by atoms with E-state index >= 15 is 0 Å². The minimum Gasteiger partial charge on any atom is -0.496 e. The standard InChI is InChI=1S/C37H41F3N6O7S2/c1-6-8-9-10-15-41-31(47)26-16-23(19-46(26)34(49)44-36(18-22(36)7-2)33(48)45-55(50,51)35(4)13-14-35)53-28-17-25(32-43-29(20-54-32)37(38,39)40)42-30-21(3)27(52-5)12-11-24(28)30/h6-7,11-12,15,17,20,22-23,26H,1-2,8-10,13-14,16,18-19H2,3-5H3,(H,44,49)(H,45,48)/t22-,23+,26+,36-/m1/s1. The molecular weight excluding hydrogens is 762 g/mol. The summed E-state index contributed by atoms with van der Waals surface area (Å²) in [6.07, 6.45) is 1.91. The number of aryl methyl sites for hydroxylation is 1. The molecule has 2 N–H and O–H groups in total. The minimum atomic E-state index is -4.66. The Morgan fingerprint density at radius 3 is 2.53 bits per heavy atom. The molecule has 2 aromatic heterocycles. The number of carbonyl (C=O) groups excluding carboxylic acids is 3. The summed E-state index contributed by atoms with van der Waals surface area (Å²) in [6.45, 7) is 10.5. The number of likely N-dealkylation sites (tertiary alicyclic amines) is 1. The molecule has 3 fully saturated rings. The highest BCUT2D eigenvalue weighted by molar-refractivity contribution is 7.91. The van der Waals surface area contributed by atoms with Crippen molar-refractivity contribution in [1.29, 1.82) is 0 Å². The maximum atomic E-state index is 14.1. The Hall–Kier alpha value is -4.84. The summed E-state index contributed by atoms with van der Waals surface area (Å²) in [4.78, 5) is 54.9. The third-order valence-electron chi connectivity index (χ3n) is 10.3. The number of carbonyl (C=O) groups is 3. The molecule has 0 radical (unpaired) electrons. The second-order valence-corrected chi connectivity index (χ2v) is 17.2. The second-order valence-electron chi connectivity index (χ2n) is 14.2. The number of halogens is 3. The van der Waals surface area contributed by atoms with E-state index < -0.39 is 68.1 Å². The van der Waals surface area contributed by atoms with Gasteiger partial charge in [0, 0.05) is 40.9 Å². The maximum absolute atomic E-state index is 14.1. The maximum Gasteiger partial charge on any atom is 0.434 e. The smallest absolute Gasteiger partial charge is 0.434 e. The van der Waals surface area contributed by atoms with Crippen LogP contribution in [0, 0.1) is 12.8 Å². The Balaban J connectivity index is 1.31. The van der Waals surface area contributed by atoms with Crippen molar-refractivity contribution in [3.8, 4) is 22.2 Å². The van der Waals surface area contributed by atoms with Gasteiger partial charge in [-0.2, -0.15) is 13.2 Å². The molecule has 2 saturated carbocycles. The molecule has 294 valence electrons. The summed E-state index contributed by atoms with van der Waals surface area (Å²) in [6, 6.07) is 2.89. The molecule has 0 spiro atoms. The van der Waals surface area contributed by atoms with Gasteiger partial charge in [-0.15, -0.1) is 24.5 Å². The first-order valence-electron chi connectivity index (χ1n) is 17.6. The molecule has 1 aromatic carbocycles. The minimum absolute atomic E-state index is 0.00459. The number of hydrogen-bond donors (Lipinski definition) is 2. The largest absolute Gasteiger partial charge is 0.496 e. The van der Waals surface area contributed by atoms with Gasteiger partial charge in [-0.25, -0.2) is 28.2 Å². The highest BCUT2D eigenvalue weighted by Crippen LogP contribution is 2.47. The molecule has 0 unspecified atom stereocenters. The molecular formula is C37H41F3N6O7S2. The normalized spacial score (nSPS) is 23.0. The predicted octanol–water partition coefficient (Wildman–Crippen LogP) is 6.12. The van der Waals surface area contributed by atoms with Crippen LogP contribution in [-0.4, -0.2) is 83.4 Å². The van der Waals surface area contributed by atoms with Gasteiger partial charge >= 0.3 is 12.2 Å². The number of ether oxygens (including phenoxy) is 2. The lowest BCUT2D eigenvalue weighted by atomic mass is 10.1. The third kappa shape index (κ3) is 7.97. The number of fused-ring (bicyclic) bond motifs is 1. The van der Waals surface area contributed by atoms with Crippen LogP contribution in [0.25, 0.3) is 21.6 Å². The highest BCUT2D eigenvalue weighted by atomic mass is 32.2. The van der Waals surface area contributed by atoms with Crippen LogP contribution >= 0.6 is 11.3 Å². The van der Waals surface area contributed by atoms with Gasteiger partial charge in [0.25, 0.3) is 11.8 Å². The number of nitrogens with zero attached hydrogens (tertiary/aromatic N) is 4. The van der Waals surface area contributed by atoms with Crippen LogP contribution in [0.1, 0.15) is 63.1 Å². The van der Waals surface area contributed by atoms with E-state index in [0.29, 0.717) is 54.3 Å². The number of sulfonamides is 1. The average molecular weight is 803 g/mol. The first-order chi connectivity index (χ1) is 26.0. The van der Waals surface area contributed by atoms with Gasteiger partial charge in [0.05, 0.1) is 23.9 Å². The number of nitrogens with one attached hydrogen (secondary N) is 2.